The SMILES string of the molecule is N#Cc1ccc(-c2ccc3c(c2)c2ccccc2n3-c2ccc(C#N)cc2-c2nc(-c3ccccc3)nc(-c3ccccc3)n2)c(C#N)c1. The van der Waals surface area contributed by atoms with Gasteiger partial charge in [-0.15, -0.1) is 0 Å². The van der Waals surface area contributed by atoms with Crippen molar-refractivity contribution in [3.8, 4) is 69.2 Å². The van der Waals surface area contributed by atoms with Gasteiger partial charge in [0, 0.05) is 27.5 Å². The normalized spacial score (nSPS) is 10.8. The Morgan fingerprint density at radius 1 is 0.429 bits per heavy atom. The number of para-hydroxylation sites is 1. The molecule has 2 aromatic heterocycles. The molecule has 0 saturated heterocycles. The second kappa shape index (κ2) is 12.1. The van der Waals surface area contributed by atoms with Crippen LogP contribution in [-0.2, 0) is 0 Å². The zero-order chi connectivity index (χ0) is 33.3. The highest BCUT2D eigenvalue weighted by molar-refractivity contribution is 6.11. The van der Waals surface area contributed by atoms with Crippen LogP contribution in [0.5, 0.6) is 0 Å². The van der Waals surface area contributed by atoms with E-state index >= 15 is 0 Å². The van der Waals surface area contributed by atoms with Gasteiger partial charge in [-0.2, -0.15) is 15.8 Å². The van der Waals surface area contributed by atoms with Crippen LogP contribution in [0.3, 0.4) is 0 Å². The molecule has 0 bridgehead atoms. The zero-order valence-corrected chi connectivity index (χ0v) is 25.9. The quantitative estimate of drug-likeness (QED) is 0.188. The summed E-state index contributed by atoms with van der Waals surface area (Å²) in [6.07, 6.45) is 0. The lowest BCUT2D eigenvalue weighted by molar-refractivity contribution is 1.06. The van der Waals surface area contributed by atoms with Gasteiger partial charge in [0.15, 0.2) is 17.5 Å². The topological polar surface area (TPSA) is 115 Å². The lowest BCUT2D eigenvalue weighted by Crippen LogP contribution is -2.04. The second-order valence-electron chi connectivity index (χ2n) is 11.5. The van der Waals surface area contributed by atoms with E-state index in [0.717, 1.165) is 49.7 Å². The van der Waals surface area contributed by atoms with E-state index in [2.05, 4.69) is 41.0 Å². The fraction of sp³-hybridized carbons (Fsp3) is 0. The average Bonchev–Trinajstić information content (AvgIpc) is 3.51. The van der Waals surface area contributed by atoms with Gasteiger partial charge in [-0.25, -0.2) is 15.0 Å². The molecule has 0 atom stereocenters. The van der Waals surface area contributed by atoms with E-state index < -0.39 is 0 Å². The van der Waals surface area contributed by atoms with Crippen LogP contribution in [0.1, 0.15) is 16.7 Å². The highest BCUT2D eigenvalue weighted by Gasteiger charge is 2.20. The van der Waals surface area contributed by atoms with Crippen LogP contribution < -0.4 is 0 Å². The molecule has 0 spiro atoms. The van der Waals surface area contributed by atoms with Crippen molar-refractivity contribution in [2.24, 2.45) is 0 Å². The first-order chi connectivity index (χ1) is 24.1. The Hall–Kier alpha value is -7.40. The fourth-order valence-electron chi connectivity index (χ4n) is 6.27. The van der Waals surface area contributed by atoms with Crippen LogP contribution in [0.15, 0.2) is 140 Å². The summed E-state index contributed by atoms with van der Waals surface area (Å²) < 4.78 is 2.17. The molecule has 0 amide bonds. The maximum Gasteiger partial charge on any atom is 0.166 e. The molecule has 0 aliphatic rings. The van der Waals surface area contributed by atoms with E-state index in [1.54, 1.807) is 18.2 Å². The Morgan fingerprint density at radius 2 is 1.02 bits per heavy atom. The van der Waals surface area contributed by atoms with E-state index in [0.29, 0.717) is 39.7 Å². The van der Waals surface area contributed by atoms with Crippen LogP contribution in [0, 0.1) is 34.0 Å². The summed E-state index contributed by atoms with van der Waals surface area (Å²) in [7, 11) is 0. The third kappa shape index (κ3) is 5.13. The first kappa shape index (κ1) is 29.0. The highest BCUT2D eigenvalue weighted by Crippen LogP contribution is 2.38. The van der Waals surface area contributed by atoms with Gasteiger partial charge in [-0.1, -0.05) is 91.0 Å². The largest absolute Gasteiger partial charge is 0.308 e. The van der Waals surface area contributed by atoms with Crippen molar-refractivity contribution in [3.05, 3.63) is 156 Å². The van der Waals surface area contributed by atoms with Crippen LogP contribution in [0.2, 0.25) is 0 Å². The van der Waals surface area contributed by atoms with E-state index in [1.165, 1.54) is 0 Å². The predicted octanol–water partition coefficient (Wildman–Crippen LogP) is 9.25. The Balaban J connectivity index is 1.39. The molecule has 2 heterocycles. The molecule has 0 radical (unpaired) electrons. The molecule has 0 saturated carbocycles. The Labute approximate surface area is 281 Å². The van der Waals surface area contributed by atoms with Crippen LogP contribution in [0.4, 0.5) is 0 Å². The second-order valence-corrected chi connectivity index (χ2v) is 11.5. The van der Waals surface area contributed by atoms with Crippen molar-refractivity contribution in [3.63, 3.8) is 0 Å². The molecule has 49 heavy (non-hydrogen) atoms. The van der Waals surface area contributed by atoms with Gasteiger partial charge in [0.1, 0.15) is 0 Å². The van der Waals surface area contributed by atoms with Crippen molar-refractivity contribution in [2.75, 3.05) is 0 Å². The first-order valence-corrected chi connectivity index (χ1v) is 15.5. The molecule has 0 unspecified atom stereocenters. The molecule has 8 rings (SSSR count). The summed E-state index contributed by atoms with van der Waals surface area (Å²) in [5.41, 5.74) is 8.07. The van der Waals surface area contributed by atoms with Crippen LogP contribution in [-0.4, -0.2) is 19.5 Å². The fourth-order valence-corrected chi connectivity index (χ4v) is 6.27. The standard InChI is InChI=1S/C42H23N7/c43-24-27-15-18-33(32(21-27)26-45)31-17-20-38-35(23-31)34-13-7-8-14-37(34)49(38)39-19-16-28(25-44)22-36(39)42-47-40(29-9-3-1-4-10-29)46-41(48-42)30-11-5-2-6-12-30/h1-23H. The summed E-state index contributed by atoms with van der Waals surface area (Å²) in [5.74, 6) is 1.50. The van der Waals surface area contributed by atoms with E-state index in [9.17, 15) is 15.8 Å². The van der Waals surface area contributed by atoms with Gasteiger partial charge >= 0.3 is 0 Å². The predicted molar refractivity (Wildman–Crippen MR) is 190 cm³/mol. The van der Waals surface area contributed by atoms with Crippen molar-refractivity contribution in [1.29, 1.82) is 15.8 Å². The number of nitriles is 3. The van der Waals surface area contributed by atoms with Gasteiger partial charge in [0.05, 0.1) is 51.6 Å². The van der Waals surface area contributed by atoms with Gasteiger partial charge in [0.2, 0.25) is 0 Å². The van der Waals surface area contributed by atoms with Gasteiger partial charge in [-0.3, -0.25) is 0 Å². The number of benzene rings is 6. The van der Waals surface area contributed by atoms with Crippen LogP contribution in [0.25, 0.3) is 72.8 Å². The molecule has 8 aromatic rings. The molecule has 0 N–H and O–H groups in total. The van der Waals surface area contributed by atoms with E-state index in [1.807, 2.05) is 103 Å². The molecule has 0 aliphatic carbocycles. The maximum atomic E-state index is 10.0. The van der Waals surface area contributed by atoms with Gasteiger partial charge < -0.3 is 4.57 Å². The number of rotatable bonds is 5. The number of hydrogen-bond donors (Lipinski definition) is 0. The Bertz CT molecular complexity index is 2630. The molecule has 0 aliphatic heterocycles. The summed E-state index contributed by atoms with van der Waals surface area (Å²) in [6.45, 7) is 0. The maximum absolute atomic E-state index is 10.0. The Morgan fingerprint density at radius 3 is 1.69 bits per heavy atom. The minimum atomic E-state index is 0.440. The Kier molecular flexibility index (Phi) is 7.16. The summed E-state index contributed by atoms with van der Waals surface area (Å²) in [4.78, 5) is 14.9. The van der Waals surface area contributed by atoms with E-state index in [-0.39, 0.29) is 0 Å². The van der Waals surface area contributed by atoms with Gasteiger partial charge in [-0.05, 0) is 59.7 Å². The van der Waals surface area contributed by atoms with Crippen LogP contribution >= 0.6 is 0 Å². The van der Waals surface area contributed by atoms with Crippen molar-refractivity contribution in [1.82, 2.24) is 19.5 Å². The third-order valence-corrected chi connectivity index (χ3v) is 8.56. The van der Waals surface area contributed by atoms with Crippen molar-refractivity contribution >= 4 is 21.8 Å². The molecular weight excluding hydrogens is 603 g/mol. The lowest BCUT2D eigenvalue weighted by Gasteiger charge is -2.15. The molecule has 7 nitrogen and oxygen atoms in total. The molecular formula is C42H23N7. The summed E-state index contributed by atoms with van der Waals surface area (Å²) >= 11 is 0. The number of hydrogen-bond acceptors (Lipinski definition) is 6. The number of aromatic nitrogens is 4. The average molecular weight is 626 g/mol. The molecule has 7 heteroatoms. The van der Waals surface area contributed by atoms with Gasteiger partial charge in [0.25, 0.3) is 0 Å². The van der Waals surface area contributed by atoms with E-state index in [4.69, 9.17) is 15.0 Å². The van der Waals surface area contributed by atoms with Crippen molar-refractivity contribution in [2.45, 2.75) is 0 Å². The number of nitrogens with zero attached hydrogens (tertiary/aromatic N) is 7. The molecule has 0 fully saturated rings. The highest BCUT2D eigenvalue weighted by atomic mass is 15.1. The summed E-state index contributed by atoms with van der Waals surface area (Å²) in [5, 5.41) is 31.3. The minimum absolute atomic E-state index is 0.440. The smallest absolute Gasteiger partial charge is 0.166 e. The minimum Gasteiger partial charge on any atom is -0.308 e. The number of fused-ring (bicyclic) bond motifs is 3. The molecule has 226 valence electrons. The van der Waals surface area contributed by atoms with Crippen molar-refractivity contribution < 1.29 is 0 Å². The lowest BCUT2D eigenvalue weighted by atomic mass is 9.97. The monoisotopic (exact) mass is 625 g/mol. The molecule has 6 aromatic carbocycles. The summed E-state index contributed by atoms with van der Waals surface area (Å²) in [6, 6.07) is 51.3. The third-order valence-electron chi connectivity index (χ3n) is 8.56. The zero-order valence-electron chi connectivity index (χ0n) is 25.9. The first-order valence-electron chi connectivity index (χ1n) is 15.5.